The zero-order valence-electron chi connectivity index (χ0n) is 23.2. The van der Waals surface area contributed by atoms with Crippen LogP contribution in [0.4, 0.5) is 9.18 Å². The summed E-state index contributed by atoms with van der Waals surface area (Å²) in [7, 11) is 3.06. The molecule has 2 aromatic rings. The monoisotopic (exact) mass is 554 g/mol. The van der Waals surface area contributed by atoms with E-state index in [2.05, 4.69) is 10.2 Å². The molecule has 2 aliphatic heterocycles. The van der Waals surface area contributed by atoms with E-state index < -0.39 is 17.8 Å². The van der Waals surface area contributed by atoms with Crippen LogP contribution in [0.3, 0.4) is 0 Å². The second-order valence-corrected chi connectivity index (χ2v) is 9.39. The average molecular weight is 555 g/mol. The Morgan fingerprint density at radius 3 is 2.30 bits per heavy atom. The Balaban J connectivity index is 1.65. The third-order valence-electron chi connectivity index (χ3n) is 7.12. The molecule has 10 nitrogen and oxygen atoms in total. The summed E-state index contributed by atoms with van der Waals surface area (Å²) in [6.07, 6.45) is 0. The van der Waals surface area contributed by atoms with E-state index in [4.69, 9.17) is 14.2 Å². The normalized spacial score (nSPS) is 17.9. The summed E-state index contributed by atoms with van der Waals surface area (Å²) >= 11 is 0. The van der Waals surface area contributed by atoms with Gasteiger partial charge in [0, 0.05) is 56.1 Å². The lowest BCUT2D eigenvalue weighted by molar-refractivity contribution is -0.139. The molecule has 4 rings (SSSR count). The lowest BCUT2D eigenvalue weighted by Gasteiger charge is -2.40. The van der Waals surface area contributed by atoms with Crippen molar-refractivity contribution in [3.8, 4) is 11.5 Å². The van der Waals surface area contributed by atoms with Gasteiger partial charge in [0.2, 0.25) is 0 Å². The molecule has 1 saturated heterocycles. The van der Waals surface area contributed by atoms with E-state index in [1.807, 2.05) is 6.92 Å². The zero-order chi connectivity index (χ0) is 28.8. The lowest BCUT2D eigenvalue weighted by atomic mass is 9.93. The highest BCUT2D eigenvalue weighted by atomic mass is 19.1. The van der Waals surface area contributed by atoms with Crippen LogP contribution in [-0.4, -0.2) is 92.7 Å². The van der Waals surface area contributed by atoms with Crippen molar-refractivity contribution in [2.45, 2.75) is 19.9 Å². The number of benzene rings is 2. The van der Waals surface area contributed by atoms with Gasteiger partial charge in [-0.3, -0.25) is 14.6 Å². The number of carbonyl (C=O) groups excluding carboxylic acids is 3. The van der Waals surface area contributed by atoms with Gasteiger partial charge in [-0.25, -0.2) is 14.0 Å². The van der Waals surface area contributed by atoms with Gasteiger partial charge in [0.25, 0.3) is 5.91 Å². The number of nitrogens with zero attached hydrogens (tertiary/aromatic N) is 3. The largest absolute Gasteiger partial charge is 0.497 e. The number of ether oxygens (including phenoxy) is 3. The average Bonchev–Trinajstić information content (AvgIpc) is 2.97. The Morgan fingerprint density at radius 1 is 1.00 bits per heavy atom. The number of hydrogen-bond acceptors (Lipinski definition) is 7. The fraction of sp³-hybridized carbons (Fsp3) is 0.414. The van der Waals surface area contributed by atoms with E-state index in [1.54, 1.807) is 34.9 Å². The molecule has 0 bridgehead atoms. The molecule has 2 heterocycles. The Kier molecular flexibility index (Phi) is 9.26. The molecule has 0 aromatic heterocycles. The zero-order valence-corrected chi connectivity index (χ0v) is 23.2. The van der Waals surface area contributed by atoms with Gasteiger partial charge >= 0.3 is 12.0 Å². The first-order valence-corrected chi connectivity index (χ1v) is 13.3. The number of rotatable bonds is 9. The first kappa shape index (κ1) is 28.9. The summed E-state index contributed by atoms with van der Waals surface area (Å²) in [6, 6.07) is 9.55. The van der Waals surface area contributed by atoms with Crippen molar-refractivity contribution in [1.82, 2.24) is 20.0 Å². The third-order valence-corrected chi connectivity index (χ3v) is 7.12. The SMILES string of the molecule is CCOC(=O)C1=C(CN2CCN(C(=O)c3ccc(F)cc3)CC2)N(CC)C(=O)NC1c1cc(OC)ccc1OC. The first-order valence-electron chi connectivity index (χ1n) is 13.3. The molecule has 0 radical (unpaired) electrons. The van der Waals surface area contributed by atoms with Gasteiger partial charge in [-0.1, -0.05) is 0 Å². The summed E-state index contributed by atoms with van der Waals surface area (Å²) in [5.41, 5.74) is 1.86. The first-order chi connectivity index (χ1) is 19.3. The van der Waals surface area contributed by atoms with E-state index in [9.17, 15) is 18.8 Å². The molecule has 0 aliphatic carbocycles. The Labute approximate surface area is 233 Å². The van der Waals surface area contributed by atoms with Gasteiger partial charge < -0.3 is 24.4 Å². The Morgan fingerprint density at radius 2 is 1.70 bits per heavy atom. The minimum Gasteiger partial charge on any atom is -0.497 e. The van der Waals surface area contributed by atoms with Crippen molar-refractivity contribution in [2.24, 2.45) is 0 Å². The van der Waals surface area contributed by atoms with Crippen molar-refractivity contribution in [1.29, 1.82) is 0 Å². The topological polar surface area (TPSA) is 101 Å². The van der Waals surface area contributed by atoms with E-state index in [0.717, 1.165) is 0 Å². The number of amides is 3. The van der Waals surface area contributed by atoms with Gasteiger partial charge in [-0.15, -0.1) is 0 Å². The molecule has 214 valence electrons. The Bertz CT molecular complexity index is 1270. The predicted molar refractivity (Wildman–Crippen MR) is 146 cm³/mol. The highest BCUT2D eigenvalue weighted by molar-refractivity contribution is 5.96. The highest BCUT2D eigenvalue weighted by Gasteiger charge is 2.40. The van der Waals surface area contributed by atoms with Crippen LogP contribution >= 0.6 is 0 Å². The minimum absolute atomic E-state index is 0.163. The van der Waals surface area contributed by atoms with E-state index in [1.165, 1.54) is 38.5 Å². The number of nitrogens with one attached hydrogen (secondary N) is 1. The molecule has 2 aliphatic rings. The number of urea groups is 1. The molecule has 1 atom stereocenters. The number of methoxy groups -OCH3 is 2. The van der Waals surface area contributed by atoms with Gasteiger partial charge in [0.15, 0.2) is 0 Å². The van der Waals surface area contributed by atoms with Crippen LogP contribution in [0.5, 0.6) is 11.5 Å². The van der Waals surface area contributed by atoms with Crippen LogP contribution in [0.2, 0.25) is 0 Å². The van der Waals surface area contributed by atoms with E-state index in [-0.39, 0.29) is 18.5 Å². The summed E-state index contributed by atoms with van der Waals surface area (Å²) < 4.78 is 29.7. The molecule has 0 spiro atoms. The van der Waals surface area contributed by atoms with Gasteiger partial charge in [0.05, 0.1) is 32.4 Å². The molecular weight excluding hydrogens is 519 g/mol. The van der Waals surface area contributed by atoms with Crippen molar-refractivity contribution in [3.63, 3.8) is 0 Å². The molecule has 1 N–H and O–H groups in total. The third kappa shape index (κ3) is 6.04. The lowest BCUT2D eigenvalue weighted by Crippen LogP contribution is -2.53. The quantitative estimate of drug-likeness (QED) is 0.475. The fourth-order valence-electron chi connectivity index (χ4n) is 5.05. The van der Waals surface area contributed by atoms with Crippen LogP contribution in [0.1, 0.15) is 35.8 Å². The number of esters is 1. The van der Waals surface area contributed by atoms with Crippen molar-refractivity contribution in [3.05, 3.63) is 70.7 Å². The molecular formula is C29H35FN4O6. The van der Waals surface area contributed by atoms with Crippen LogP contribution in [0, 0.1) is 5.82 Å². The summed E-state index contributed by atoms with van der Waals surface area (Å²) in [4.78, 5) is 45.0. The fourth-order valence-corrected chi connectivity index (χ4v) is 5.05. The van der Waals surface area contributed by atoms with Crippen LogP contribution in [-0.2, 0) is 9.53 Å². The Hall–Kier alpha value is -4.12. The smallest absolute Gasteiger partial charge is 0.338 e. The van der Waals surface area contributed by atoms with E-state index in [0.29, 0.717) is 73.2 Å². The number of carbonyl (C=O) groups is 3. The molecule has 40 heavy (non-hydrogen) atoms. The maximum absolute atomic E-state index is 13.5. The number of piperazine rings is 1. The highest BCUT2D eigenvalue weighted by Crippen LogP contribution is 2.38. The van der Waals surface area contributed by atoms with Gasteiger partial charge in [-0.05, 0) is 56.3 Å². The van der Waals surface area contributed by atoms with Crippen molar-refractivity contribution in [2.75, 3.05) is 60.1 Å². The molecule has 11 heteroatoms. The summed E-state index contributed by atoms with van der Waals surface area (Å²) in [5.74, 6) is -0.0480. The number of hydrogen-bond donors (Lipinski definition) is 1. The van der Waals surface area contributed by atoms with Crippen molar-refractivity contribution < 1.29 is 33.0 Å². The minimum atomic E-state index is -0.823. The molecule has 3 amide bonds. The second-order valence-electron chi connectivity index (χ2n) is 9.39. The predicted octanol–water partition coefficient (Wildman–Crippen LogP) is 3.20. The van der Waals surface area contributed by atoms with Crippen LogP contribution in [0.15, 0.2) is 53.7 Å². The molecule has 1 fully saturated rings. The van der Waals surface area contributed by atoms with Crippen LogP contribution in [0.25, 0.3) is 0 Å². The molecule has 1 unspecified atom stereocenters. The van der Waals surface area contributed by atoms with Crippen molar-refractivity contribution >= 4 is 17.9 Å². The number of likely N-dealkylation sites (N-methyl/N-ethyl adjacent to an activating group) is 1. The van der Waals surface area contributed by atoms with E-state index >= 15 is 0 Å². The summed E-state index contributed by atoms with van der Waals surface area (Å²) in [5, 5.41) is 2.96. The second kappa shape index (κ2) is 12.8. The summed E-state index contributed by atoms with van der Waals surface area (Å²) in [6.45, 7) is 6.34. The van der Waals surface area contributed by atoms with Gasteiger partial charge in [0.1, 0.15) is 17.3 Å². The van der Waals surface area contributed by atoms with Gasteiger partial charge in [-0.2, -0.15) is 0 Å². The molecule has 0 saturated carbocycles. The maximum atomic E-state index is 13.5. The maximum Gasteiger partial charge on any atom is 0.338 e. The molecule has 2 aromatic carbocycles. The standard InChI is InChI=1S/C29H35FN4O6/c1-5-34-23(18-32-13-15-33(16-14-32)27(35)19-7-9-20(30)10-8-19)25(28(36)40-6-2)26(31-29(34)37)22-17-21(38-3)11-12-24(22)39-4/h7-12,17,26H,5-6,13-16,18H2,1-4H3,(H,31,37). The number of halogens is 1. The van der Waals surface area contributed by atoms with Crippen LogP contribution < -0.4 is 14.8 Å².